The SMILES string of the molecule is COc1ccc(C=CC(=O)NNC(=O)CCC(=O)Nc2cc(C)ccc2C)cc1. The minimum Gasteiger partial charge on any atom is -0.497 e. The normalized spacial score (nSPS) is 10.4. The second kappa shape index (κ2) is 10.7. The fourth-order valence-corrected chi connectivity index (χ4v) is 2.43. The lowest BCUT2D eigenvalue weighted by Gasteiger charge is -2.09. The number of benzene rings is 2. The smallest absolute Gasteiger partial charge is 0.262 e. The van der Waals surface area contributed by atoms with Crippen LogP contribution in [0.4, 0.5) is 5.69 Å². The van der Waals surface area contributed by atoms with Crippen LogP contribution in [0.3, 0.4) is 0 Å². The van der Waals surface area contributed by atoms with Gasteiger partial charge in [0.25, 0.3) is 5.91 Å². The molecule has 0 spiro atoms. The van der Waals surface area contributed by atoms with Crippen molar-refractivity contribution >= 4 is 29.5 Å². The van der Waals surface area contributed by atoms with Gasteiger partial charge < -0.3 is 10.1 Å². The van der Waals surface area contributed by atoms with E-state index in [1.54, 1.807) is 37.5 Å². The summed E-state index contributed by atoms with van der Waals surface area (Å²) in [4.78, 5) is 35.6. The molecule has 2 rings (SSSR count). The summed E-state index contributed by atoms with van der Waals surface area (Å²) in [5.74, 6) is -0.471. The Morgan fingerprint density at radius 2 is 1.62 bits per heavy atom. The third-order valence-corrected chi connectivity index (χ3v) is 4.11. The highest BCUT2D eigenvalue weighted by Gasteiger charge is 2.09. The van der Waals surface area contributed by atoms with E-state index < -0.39 is 11.8 Å². The first-order valence-corrected chi connectivity index (χ1v) is 9.15. The average molecular weight is 395 g/mol. The summed E-state index contributed by atoms with van der Waals surface area (Å²) in [7, 11) is 1.58. The molecule has 0 saturated carbocycles. The van der Waals surface area contributed by atoms with Crippen molar-refractivity contribution < 1.29 is 19.1 Å². The molecular formula is C22H25N3O4. The van der Waals surface area contributed by atoms with Crippen molar-refractivity contribution in [1.82, 2.24) is 10.9 Å². The molecule has 7 heteroatoms. The van der Waals surface area contributed by atoms with Gasteiger partial charge in [0.05, 0.1) is 7.11 Å². The molecule has 0 unspecified atom stereocenters. The Kier molecular flexibility index (Phi) is 7.97. The van der Waals surface area contributed by atoms with Crippen molar-refractivity contribution in [3.05, 3.63) is 65.2 Å². The maximum Gasteiger partial charge on any atom is 0.262 e. The number of carbonyl (C=O) groups is 3. The lowest BCUT2D eigenvalue weighted by molar-refractivity contribution is -0.128. The first kappa shape index (κ1) is 21.7. The second-order valence-corrected chi connectivity index (χ2v) is 6.51. The van der Waals surface area contributed by atoms with Crippen molar-refractivity contribution in [3.8, 4) is 5.75 Å². The minimum atomic E-state index is -0.478. The lowest BCUT2D eigenvalue weighted by atomic mass is 10.1. The number of carbonyl (C=O) groups excluding carboxylic acids is 3. The molecule has 0 heterocycles. The van der Waals surface area contributed by atoms with Crippen LogP contribution < -0.4 is 20.9 Å². The third-order valence-electron chi connectivity index (χ3n) is 4.11. The van der Waals surface area contributed by atoms with Crippen molar-refractivity contribution in [1.29, 1.82) is 0 Å². The summed E-state index contributed by atoms with van der Waals surface area (Å²) < 4.78 is 5.06. The molecule has 0 aliphatic heterocycles. The van der Waals surface area contributed by atoms with Gasteiger partial charge in [0.1, 0.15) is 5.75 Å². The molecule has 7 nitrogen and oxygen atoms in total. The fraction of sp³-hybridized carbons (Fsp3) is 0.227. The van der Waals surface area contributed by atoms with Crippen molar-refractivity contribution in [2.24, 2.45) is 0 Å². The zero-order valence-electron chi connectivity index (χ0n) is 16.7. The number of aryl methyl sites for hydroxylation is 2. The maximum absolute atomic E-state index is 12.0. The Labute approximate surface area is 170 Å². The molecule has 0 aromatic heterocycles. The first-order chi connectivity index (χ1) is 13.9. The number of hydrogen-bond acceptors (Lipinski definition) is 4. The summed E-state index contributed by atoms with van der Waals surface area (Å²) >= 11 is 0. The monoisotopic (exact) mass is 395 g/mol. The van der Waals surface area contributed by atoms with Crippen LogP contribution in [0.5, 0.6) is 5.75 Å². The number of ether oxygens (including phenoxy) is 1. The molecule has 0 fully saturated rings. The van der Waals surface area contributed by atoms with E-state index in [9.17, 15) is 14.4 Å². The predicted molar refractivity (Wildman–Crippen MR) is 112 cm³/mol. The van der Waals surface area contributed by atoms with Gasteiger partial charge in [-0.05, 0) is 54.8 Å². The highest BCUT2D eigenvalue weighted by Crippen LogP contribution is 2.16. The first-order valence-electron chi connectivity index (χ1n) is 9.15. The summed E-state index contributed by atoms with van der Waals surface area (Å²) in [5.41, 5.74) is 8.10. The maximum atomic E-state index is 12.0. The van der Waals surface area contributed by atoms with Crippen LogP contribution in [-0.2, 0) is 14.4 Å². The van der Waals surface area contributed by atoms with E-state index in [0.717, 1.165) is 28.1 Å². The predicted octanol–water partition coefficient (Wildman–Crippen LogP) is 2.89. The molecule has 3 amide bonds. The van der Waals surface area contributed by atoms with Crippen LogP contribution in [0, 0.1) is 13.8 Å². The van der Waals surface area contributed by atoms with Gasteiger partial charge in [-0.3, -0.25) is 25.2 Å². The lowest BCUT2D eigenvalue weighted by Crippen LogP contribution is -2.41. The number of rotatable bonds is 7. The molecule has 2 aromatic rings. The van der Waals surface area contributed by atoms with Gasteiger partial charge in [0.15, 0.2) is 0 Å². The summed E-state index contributed by atoms with van der Waals surface area (Å²) in [6.07, 6.45) is 2.88. The van der Waals surface area contributed by atoms with E-state index in [1.165, 1.54) is 6.08 Å². The van der Waals surface area contributed by atoms with Gasteiger partial charge in [-0.25, -0.2) is 0 Å². The van der Waals surface area contributed by atoms with Crippen LogP contribution in [0.2, 0.25) is 0 Å². The van der Waals surface area contributed by atoms with Crippen molar-refractivity contribution in [2.75, 3.05) is 12.4 Å². The number of hydrogen-bond donors (Lipinski definition) is 3. The molecule has 29 heavy (non-hydrogen) atoms. The summed E-state index contributed by atoms with van der Waals surface area (Å²) in [6.45, 7) is 3.84. The van der Waals surface area contributed by atoms with E-state index in [0.29, 0.717) is 0 Å². The molecule has 152 valence electrons. The Bertz CT molecular complexity index is 905. The Hall–Kier alpha value is -3.61. The molecule has 0 radical (unpaired) electrons. The van der Waals surface area contributed by atoms with Crippen molar-refractivity contribution in [3.63, 3.8) is 0 Å². The van der Waals surface area contributed by atoms with Crippen LogP contribution in [0.1, 0.15) is 29.5 Å². The number of amides is 3. The average Bonchev–Trinajstić information content (AvgIpc) is 2.72. The van der Waals surface area contributed by atoms with Crippen LogP contribution in [0.25, 0.3) is 6.08 Å². The topological polar surface area (TPSA) is 96.5 Å². The van der Waals surface area contributed by atoms with Gasteiger partial charge in [0, 0.05) is 24.6 Å². The number of hydrazine groups is 1. The highest BCUT2D eigenvalue weighted by atomic mass is 16.5. The van der Waals surface area contributed by atoms with E-state index in [2.05, 4.69) is 16.2 Å². The van der Waals surface area contributed by atoms with Gasteiger partial charge in [0.2, 0.25) is 11.8 Å². The van der Waals surface area contributed by atoms with E-state index in [1.807, 2.05) is 32.0 Å². The quantitative estimate of drug-likeness (QED) is 0.496. The number of nitrogens with one attached hydrogen (secondary N) is 3. The zero-order chi connectivity index (χ0) is 21.2. The molecular weight excluding hydrogens is 370 g/mol. The molecule has 0 saturated heterocycles. The van der Waals surface area contributed by atoms with E-state index in [4.69, 9.17) is 4.74 Å². The highest BCUT2D eigenvalue weighted by molar-refractivity contribution is 5.95. The van der Waals surface area contributed by atoms with Crippen LogP contribution >= 0.6 is 0 Å². The zero-order valence-corrected chi connectivity index (χ0v) is 16.7. The molecule has 0 atom stereocenters. The van der Waals surface area contributed by atoms with Crippen molar-refractivity contribution in [2.45, 2.75) is 26.7 Å². The Morgan fingerprint density at radius 1 is 0.931 bits per heavy atom. The van der Waals surface area contributed by atoms with Gasteiger partial charge in [-0.1, -0.05) is 24.3 Å². The molecule has 0 bridgehead atoms. The van der Waals surface area contributed by atoms with Crippen LogP contribution in [-0.4, -0.2) is 24.8 Å². The number of methoxy groups -OCH3 is 1. The summed E-state index contributed by atoms with van der Waals surface area (Å²) in [6, 6.07) is 12.9. The minimum absolute atomic E-state index is 0.0107. The van der Waals surface area contributed by atoms with Gasteiger partial charge >= 0.3 is 0 Å². The fourth-order valence-electron chi connectivity index (χ4n) is 2.43. The van der Waals surface area contributed by atoms with Gasteiger partial charge in [-0.2, -0.15) is 0 Å². The molecule has 3 N–H and O–H groups in total. The standard InChI is InChI=1S/C22H25N3O4/c1-15-4-5-16(2)19(14-15)23-20(26)12-13-22(28)25-24-21(27)11-8-17-6-9-18(29-3)10-7-17/h4-11,14H,12-13H2,1-3H3,(H,23,26)(H,24,27)(H,25,28). The molecule has 0 aliphatic carbocycles. The van der Waals surface area contributed by atoms with E-state index >= 15 is 0 Å². The number of anilines is 1. The van der Waals surface area contributed by atoms with Gasteiger partial charge in [-0.15, -0.1) is 0 Å². The Morgan fingerprint density at radius 3 is 2.31 bits per heavy atom. The van der Waals surface area contributed by atoms with E-state index in [-0.39, 0.29) is 18.7 Å². The van der Waals surface area contributed by atoms with Crippen LogP contribution in [0.15, 0.2) is 48.5 Å². The summed E-state index contributed by atoms with van der Waals surface area (Å²) in [5, 5.41) is 2.79. The Balaban J connectivity index is 1.71. The third kappa shape index (κ3) is 7.50. The second-order valence-electron chi connectivity index (χ2n) is 6.51. The largest absolute Gasteiger partial charge is 0.497 e. The molecule has 2 aromatic carbocycles. The molecule has 0 aliphatic rings.